The Hall–Kier alpha value is -2.59. The minimum Gasteiger partial charge on any atom is -0.497 e. The van der Waals surface area contributed by atoms with E-state index < -0.39 is 0 Å². The van der Waals surface area contributed by atoms with Gasteiger partial charge in [0.2, 0.25) is 0 Å². The zero-order valence-corrected chi connectivity index (χ0v) is 15.9. The molecule has 0 spiro atoms. The number of para-hydroxylation sites is 1. The Labute approximate surface area is 161 Å². The van der Waals surface area contributed by atoms with Crippen molar-refractivity contribution in [3.8, 4) is 17.0 Å². The van der Waals surface area contributed by atoms with Crippen LogP contribution in [0.2, 0.25) is 0 Å². The Morgan fingerprint density at radius 3 is 2.56 bits per heavy atom. The highest BCUT2D eigenvalue weighted by molar-refractivity contribution is 5.93. The fourth-order valence-corrected chi connectivity index (χ4v) is 3.76. The molecule has 2 aromatic carbocycles. The molecule has 0 saturated carbocycles. The first-order chi connectivity index (χ1) is 13.3. The van der Waals surface area contributed by atoms with Crippen LogP contribution < -0.4 is 10.1 Å². The molecule has 0 unspecified atom stereocenters. The molecule has 1 aliphatic heterocycles. The maximum Gasteiger partial charge on any atom is 0.118 e. The fraction of sp³-hybridized carbons (Fsp3) is 0.348. The van der Waals surface area contributed by atoms with Crippen molar-refractivity contribution < 1.29 is 4.74 Å². The highest BCUT2D eigenvalue weighted by Gasteiger charge is 2.11. The summed E-state index contributed by atoms with van der Waals surface area (Å²) in [5, 5.41) is 4.84. The summed E-state index contributed by atoms with van der Waals surface area (Å²) in [5.74, 6) is 0.861. The van der Waals surface area contributed by atoms with Crippen molar-refractivity contribution in [3.63, 3.8) is 0 Å². The number of aromatic nitrogens is 1. The minimum atomic E-state index is 0.861. The number of nitrogens with zero attached hydrogens (tertiary/aromatic N) is 2. The summed E-state index contributed by atoms with van der Waals surface area (Å²) in [7, 11) is 1.69. The van der Waals surface area contributed by atoms with Gasteiger partial charge in [-0.1, -0.05) is 24.6 Å². The van der Waals surface area contributed by atoms with E-state index in [-0.39, 0.29) is 0 Å². The number of anilines is 1. The molecule has 0 atom stereocenters. The molecule has 140 valence electrons. The number of benzene rings is 2. The Kier molecular flexibility index (Phi) is 5.54. The van der Waals surface area contributed by atoms with Crippen LogP contribution >= 0.6 is 0 Å². The zero-order valence-electron chi connectivity index (χ0n) is 15.9. The Morgan fingerprint density at radius 1 is 1.00 bits per heavy atom. The third kappa shape index (κ3) is 4.22. The molecule has 0 amide bonds. The van der Waals surface area contributed by atoms with E-state index in [1.54, 1.807) is 7.11 Å². The lowest BCUT2D eigenvalue weighted by Gasteiger charge is -2.26. The van der Waals surface area contributed by atoms with E-state index in [2.05, 4.69) is 46.6 Å². The van der Waals surface area contributed by atoms with Crippen molar-refractivity contribution in [1.29, 1.82) is 0 Å². The monoisotopic (exact) mass is 361 g/mol. The molecule has 0 bridgehead atoms. The number of fused-ring (bicyclic) bond motifs is 1. The summed E-state index contributed by atoms with van der Waals surface area (Å²) in [5.41, 5.74) is 4.26. The second kappa shape index (κ2) is 8.40. The fourth-order valence-electron chi connectivity index (χ4n) is 3.76. The molecule has 4 rings (SSSR count). The zero-order chi connectivity index (χ0) is 18.5. The van der Waals surface area contributed by atoms with Gasteiger partial charge < -0.3 is 15.0 Å². The number of nitrogens with one attached hydrogen (secondary N) is 1. The molecular weight excluding hydrogens is 334 g/mol. The predicted molar refractivity (Wildman–Crippen MR) is 113 cm³/mol. The SMILES string of the molecule is COc1ccc(-c2cc(NCCN3CCCCC3)c3ccccc3n2)cc1. The highest BCUT2D eigenvalue weighted by atomic mass is 16.5. The van der Waals surface area contributed by atoms with E-state index in [1.807, 2.05) is 18.2 Å². The first kappa shape index (κ1) is 17.8. The van der Waals surface area contributed by atoms with Gasteiger partial charge in [-0.3, -0.25) is 0 Å². The van der Waals surface area contributed by atoms with Gasteiger partial charge in [-0.05, 0) is 62.3 Å². The molecule has 3 aromatic rings. The molecule has 0 aliphatic carbocycles. The number of pyridine rings is 1. The van der Waals surface area contributed by atoms with E-state index in [0.29, 0.717) is 0 Å². The average molecular weight is 361 g/mol. The molecule has 1 fully saturated rings. The van der Waals surface area contributed by atoms with Gasteiger partial charge >= 0.3 is 0 Å². The standard InChI is InChI=1S/C23H27N3O/c1-27-19-11-9-18(10-12-19)22-17-23(20-7-3-4-8-21(20)25-22)24-13-16-26-14-5-2-6-15-26/h3-4,7-12,17H,2,5-6,13-16H2,1H3,(H,24,25). The lowest BCUT2D eigenvalue weighted by Crippen LogP contribution is -2.33. The third-order valence-electron chi connectivity index (χ3n) is 5.29. The van der Waals surface area contributed by atoms with Gasteiger partial charge in [0.15, 0.2) is 0 Å². The largest absolute Gasteiger partial charge is 0.497 e. The summed E-state index contributed by atoms with van der Waals surface area (Å²) >= 11 is 0. The van der Waals surface area contributed by atoms with Gasteiger partial charge in [-0.15, -0.1) is 0 Å². The average Bonchev–Trinajstić information content (AvgIpc) is 2.74. The lowest BCUT2D eigenvalue weighted by molar-refractivity contribution is 0.237. The summed E-state index contributed by atoms with van der Waals surface area (Å²) < 4.78 is 5.27. The molecule has 4 heteroatoms. The molecular formula is C23H27N3O. The van der Waals surface area contributed by atoms with Crippen LogP contribution in [0.5, 0.6) is 5.75 Å². The maximum atomic E-state index is 5.27. The molecule has 0 radical (unpaired) electrons. The van der Waals surface area contributed by atoms with E-state index in [4.69, 9.17) is 9.72 Å². The van der Waals surface area contributed by atoms with Crippen LogP contribution in [-0.4, -0.2) is 43.2 Å². The quantitative estimate of drug-likeness (QED) is 0.684. The summed E-state index contributed by atoms with van der Waals surface area (Å²) in [6.07, 6.45) is 4.05. The van der Waals surface area contributed by atoms with Crippen molar-refractivity contribution >= 4 is 16.6 Å². The van der Waals surface area contributed by atoms with E-state index in [9.17, 15) is 0 Å². The summed E-state index contributed by atoms with van der Waals surface area (Å²) in [6, 6.07) is 18.6. The van der Waals surface area contributed by atoms with Gasteiger partial charge in [-0.25, -0.2) is 4.98 Å². The van der Waals surface area contributed by atoms with E-state index in [0.717, 1.165) is 41.3 Å². The van der Waals surface area contributed by atoms with E-state index in [1.165, 1.54) is 37.7 Å². The van der Waals surface area contributed by atoms with Crippen molar-refractivity contribution in [2.75, 3.05) is 38.6 Å². The smallest absolute Gasteiger partial charge is 0.118 e. The van der Waals surface area contributed by atoms with Crippen LogP contribution in [0.1, 0.15) is 19.3 Å². The second-order valence-corrected chi connectivity index (χ2v) is 7.13. The van der Waals surface area contributed by atoms with Crippen LogP contribution in [0.15, 0.2) is 54.6 Å². The number of hydrogen-bond donors (Lipinski definition) is 1. The second-order valence-electron chi connectivity index (χ2n) is 7.13. The van der Waals surface area contributed by atoms with Crippen LogP contribution in [0.3, 0.4) is 0 Å². The van der Waals surface area contributed by atoms with Crippen molar-refractivity contribution in [2.45, 2.75) is 19.3 Å². The number of likely N-dealkylation sites (tertiary alicyclic amines) is 1. The summed E-state index contributed by atoms with van der Waals surface area (Å²) in [6.45, 7) is 4.51. The van der Waals surface area contributed by atoms with Crippen molar-refractivity contribution in [2.24, 2.45) is 0 Å². The molecule has 1 N–H and O–H groups in total. The minimum absolute atomic E-state index is 0.861. The molecule has 2 heterocycles. The number of methoxy groups -OCH3 is 1. The Balaban J connectivity index is 1.57. The van der Waals surface area contributed by atoms with Crippen LogP contribution in [0.4, 0.5) is 5.69 Å². The maximum absolute atomic E-state index is 5.27. The third-order valence-corrected chi connectivity index (χ3v) is 5.29. The van der Waals surface area contributed by atoms with Crippen molar-refractivity contribution in [3.05, 3.63) is 54.6 Å². The Bertz CT molecular complexity index is 886. The predicted octanol–water partition coefficient (Wildman–Crippen LogP) is 4.81. The topological polar surface area (TPSA) is 37.4 Å². The Morgan fingerprint density at radius 2 is 1.78 bits per heavy atom. The lowest BCUT2D eigenvalue weighted by atomic mass is 10.1. The van der Waals surface area contributed by atoms with Crippen LogP contribution in [-0.2, 0) is 0 Å². The highest BCUT2D eigenvalue weighted by Crippen LogP contribution is 2.29. The van der Waals surface area contributed by atoms with Gasteiger partial charge in [-0.2, -0.15) is 0 Å². The van der Waals surface area contributed by atoms with Crippen LogP contribution in [0.25, 0.3) is 22.2 Å². The molecule has 1 aromatic heterocycles. The molecule has 1 aliphatic rings. The molecule has 27 heavy (non-hydrogen) atoms. The number of rotatable bonds is 6. The van der Waals surface area contributed by atoms with Gasteiger partial charge in [0, 0.05) is 29.7 Å². The van der Waals surface area contributed by atoms with E-state index >= 15 is 0 Å². The van der Waals surface area contributed by atoms with Crippen LogP contribution in [0, 0.1) is 0 Å². The normalized spacial score (nSPS) is 15.0. The molecule has 1 saturated heterocycles. The van der Waals surface area contributed by atoms with Gasteiger partial charge in [0.25, 0.3) is 0 Å². The molecule has 4 nitrogen and oxygen atoms in total. The first-order valence-electron chi connectivity index (χ1n) is 9.84. The number of hydrogen-bond acceptors (Lipinski definition) is 4. The van der Waals surface area contributed by atoms with Gasteiger partial charge in [0.05, 0.1) is 18.3 Å². The number of ether oxygens (including phenoxy) is 1. The van der Waals surface area contributed by atoms with Crippen molar-refractivity contribution in [1.82, 2.24) is 9.88 Å². The van der Waals surface area contributed by atoms with Gasteiger partial charge in [0.1, 0.15) is 5.75 Å². The first-order valence-corrected chi connectivity index (χ1v) is 9.84. The number of piperidine rings is 1. The summed E-state index contributed by atoms with van der Waals surface area (Å²) in [4.78, 5) is 7.43.